The Morgan fingerprint density at radius 3 is 2.62 bits per heavy atom. The van der Waals surface area contributed by atoms with Gasteiger partial charge in [-0.3, -0.25) is 0 Å². The first-order valence-corrected chi connectivity index (χ1v) is 6.99. The van der Waals surface area contributed by atoms with E-state index in [4.69, 9.17) is 28.3 Å². The number of carboxylic acids is 1. The topological polar surface area (TPSA) is 89.9 Å². The molecule has 2 amide bonds. The number of carboxylic acid groups (broad SMARTS) is 1. The van der Waals surface area contributed by atoms with Crippen LogP contribution in [0.15, 0.2) is 12.1 Å². The summed E-state index contributed by atoms with van der Waals surface area (Å²) in [5.41, 5.74) is 1.06. The zero-order valence-corrected chi connectivity index (χ0v) is 12.6. The number of hydrogen-bond donors (Lipinski definition) is 3. The molecule has 0 saturated carbocycles. The van der Waals surface area contributed by atoms with Crippen LogP contribution in [0.2, 0.25) is 10.0 Å². The highest BCUT2D eigenvalue weighted by atomic mass is 35.5. The second-order valence-corrected chi connectivity index (χ2v) is 5.72. The zero-order valence-electron chi connectivity index (χ0n) is 11.1. The summed E-state index contributed by atoms with van der Waals surface area (Å²) in [6, 6.07) is 1.41. The van der Waals surface area contributed by atoms with E-state index in [-0.39, 0.29) is 13.0 Å². The first-order chi connectivity index (χ1) is 9.79. The second-order valence-electron chi connectivity index (χ2n) is 4.91. The molecule has 0 bridgehead atoms. The van der Waals surface area contributed by atoms with Crippen molar-refractivity contribution in [2.75, 3.05) is 11.9 Å². The number of rotatable bonds is 2. The van der Waals surface area contributed by atoms with Gasteiger partial charge in [0.25, 0.3) is 0 Å². The van der Waals surface area contributed by atoms with Crippen LogP contribution < -0.4 is 5.32 Å². The number of aliphatic hydroxyl groups is 1. The summed E-state index contributed by atoms with van der Waals surface area (Å²) in [6.07, 6.45) is -0.848. The molecule has 0 aliphatic carbocycles. The molecule has 0 spiro atoms. The van der Waals surface area contributed by atoms with Crippen molar-refractivity contribution in [2.24, 2.45) is 0 Å². The van der Waals surface area contributed by atoms with E-state index in [2.05, 4.69) is 5.32 Å². The summed E-state index contributed by atoms with van der Waals surface area (Å²) >= 11 is 12.0. The first kappa shape index (κ1) is 15.9. The number of hydrogen-bond acceptors (Lipinski definition) is 3. The first-order valence-electron chi connectivity index (χ1n) is 6.23. The average Bonchev–Trinajstić information content (AvgIpc) is 2.78. The number of anilines is 1. The van der Waals surface area contributed by atoms with Crippen LogP contribution in [0.4, 0.5) is 10.5 Å². The molecule has 21 heavy (non-hydrogen) atoms. The van der Waals surface area contributed by atoms with E-state index in [0.717, 1.165) is 10.5 Å². The highest BCUT2D eigenvalue weighted by Gasteiger charge is 2.39. The minimum absolute atomic E-state index is 0.00510. The minimum atomic E-state index is -1.16. The quantitative estimate of drug-likeness (QED) is 0.775. The lowest BCUT2D eigenvalue weighted by molar-refractivity contribution is -0.141. The van der Waals surface area contributed by atoms with Crippen LogP contribution in [0.5, 0.6) is 0 Å². The van der Waals surface area contributed by atoms with E-state index < -0.39 is 24.1 Å². The third-order valence-electron chi connectivity index (χ3n) is 3.31. The van der Waals surface area contributed by atoms with E-state index >= 15 is 0 Å². The highest BCUT2D eigenvalue weighted by molar-refractivity contribution is 6.36. The Morgan fingerprint density at radius 2 is 2.00 bits per heavy atom. The molecule has 1 fully saturated rings. The molecule has 8 heteroatoms. The molecule has 6 nitrogen and oxygen atoms in total. The van der Waals surface area contributed by atoms with Crippen LogP contribution in [-0.4, -0.2) is 45.8 Å². The molecule has 1 aliphatic rings. The van der Waals surface area contributed by atoms with Crippen molar-refractivity contribution < 1.29 is 19.8 Å². The SMILES string of the molecule is Cc1cc(Cl)c(NC(=O)N2CC(O)C[C@H]2C(=O)O)cc1Cl. The molecular formula is C13H14Cl2N2O4. The minimum Gasteiger partial charge on any atom is -0.480 e. The number of halogens is 2. The predicted molar refractivity (Wildman–Crippen MR) is 79.0 cm³/mol. The number of aryl methyl sites for hydroxylation is 1. The number of carbonyl (C=O) groups excluding carboxylic acids is 1. The summed E-state index contributed by atoms with van der Waals surface area (Å²) in [4.78, 5) is 24.3. The van der Waals surface area contributed by atoms with Crippen LogP contribution >= 0.6 is 23.2 Å². The molecule has 0 aromatic heterocycles. The van der Waals surface area contributed by atoms with E-state index in [1.165, 1.54) is 6.07 Å². The predicted octanol–water partition coefficient (Wildman–Crippen LogP) is 2.35. The molecule has 1 aliphatic heterocycles. The summed E-state index contributed by atoms with van der Waals surface area (Å²) < 4.78 is 0. The van der Waals surface area contributed by atoms with Gasteiger partial charge in [-0.1, -0.05) is 23.2 Å². The fraction of sp³-hybridized carbons (Fsp3) is 0.385. The molecule has 114 valence electrons. The van der Waals surface area contributed by atoms with Crippen LogP contribution in [0.25, 0.3) is 0 Å². The van der Waals surface area contributed by atoms with Gasteiger partial charge in [0.05, 0.1) is 16.8 Å². The molecular weight excluding hydrogens is 319 g/mol. The van der Waals surface area contributed by atoms with Gasteiger partial charge in [-0.05, 0) is 24.6 Å². The molecule has 1 heterocycles. The van der Waals surface area contributed by atoms with Gasteiger partial charge in [0.2, 0.25) is 0 Å². The van der Waals surface area contributed by atoms with E-state index in [9.17, 15) is 14.7 Å². The third-order valence-corrected chi connectivity index (χ3v) is 4.03. The lowest BCUT2D eigenvalue weighted by Crippen LogP contribution is -2.43. The Kier molecular flexibility index (Phi) is 4.61. The number of nitrogens with zero attached hydrogens (tertiary/aromatic N) is 1. The largest absolute Gasteiger partial charge is 0.480 e. The van der Waals surface area contributed by atoms with Gasteiger partial charge in [0, 0.05) is 18.0 Å². The Balaban J connectivity index is 2.18. The van der Waals surface area contributed by atoms with Crippen molar-refractivity contribution >= 4 is 40.9 Å². The Morgan fingerprint density at radius 1 is 1.33 bits per heavy atom. The lowest BCUT2D eigenvalue weighted by atomic mass is 10.2. The Bertz CT molecular complexity index is 594. The van der Waals surface area contributed by atoms with Crippen LogP contribution in [-0.2, 0) is 4.79 Å². The maximum atomic E-state index is 12.2. The van der Waals surface area contributed by atoms with Gasteiger partial charge >= 0.3 is 12.0 Å². The molecule has 1 saturated heterocycles. The van der Waals surface area contributed by atoms with Crippen molar-refractivity contribution in [3.63, 3.8) is 0 Å². The summed E-state index contributed by atoms with van der Waals surface area (Å²) in [5, 5.41) is 21.9. The zero-order chi connectivity index (χ0) is 15.7. The molecule has 1 aromatic rings. The molecule has 2 rings (SSSR count). The Hall–Kier alpha value is -1.50. The summed E-state index contributed by atoms with van der Waals surface area (Å²) in [5.74, 6) is -1.16. The van der Waals surface area contributed by atoms with E-state index in [1.54, 1.807) is 13.0 Å². The number of aliphatic carboxylic acids is 1. The molecule has 1 aromatic carbocycles. The number of likely N-dealkylation sites (tertiary alicyclic amines) is 1. The maximum absolute atomic E-state index is 12.2. The average molecular weight is 333 g/mol. The normalized spacial score (nSPS) is 21.4. The number of β-amino-alcohol motifs (C(OH)–C–C–N with tert-alkyl or cyclic N) is 1. The van der Waals surface area contributed by atoms with Crippen molar-refractivity contribution in [1.82, 2.24) is 4.90 Å². The summed E-state index contributed by atoms with van der Waals surface area (Å²) in [7, 11) is 0. The lowest BCUT2D eigenvalue weighted by Gasteiger charge is -2.22. The fourth-order valence-electron chi connectivity index (χ4n) is 2.20. The van der Waals surface area contributed by atoms with Gasteiger partial charge < -0.3 is 20.4 Å². The highest BCUT2D eigenvalue weighted by Crippen LogP contribution is 2.29. The van der Waals surface area contributed by atoms with Gasteiger partial charge in [0.1, 0.15) is 6.04 Å². The van der Waals surface area contributed by atoms with Crippen LogP contribution in [0.1, 0.15) is 12.0 Å². The standard InChI is InChI=1S/C13H14Cl2N2O4/c1-6-2-9(15)10(4-8(6)14)16-13(21)17-5-7(18)3-11(17)12(19)20/h2,4,7,11,18H,3,5H2,1H3,(H,16,21)(H,19,20)/t7?,11-/m0/s1. The number of nitrogens with one attached hydrogen (secondary N) is 1. The van der Waals surface area contributed by atoms with Gasteiger partial charge in [0.15, 0.2) is 0 Å². The fourth-order valence-corrected chi connectivity index (χ4v) is 2.63. The molecule has 0 radical (unpaired) electrons. The second kappa shape index (κ2) is 6.09. The number of urea groups is 1. The van der Waals surface area contributed by atoms with Crippen molar-refractivity contribution in [2.45, 2.75) is 25.5 Å². The van der Waals surface area contributed by atoms with E-state index in [0.29, 0.717) is 15.7 Å². The van der Waals surface area contributed by atoms with Crippen LogP contribution in [0, 0.1) is 6.92 Å². The number of aliphatic hydroxyl groups excluding tert-OH is 1. The maximum Gasteiger partial charge on any atom is 0.326 e. The number of amides is 2. The van der Waals surface area contributed by atoms with Crippen LogP contribution in [0.3, 0.4) is 0 Å². The van der Waals surface area contributed by atoms with Gasteiger partial charge in [-0.15, -0.1) is 0 Å². The molecule has 2 atom stereocenters. The smallest absolute Gasteiger partial charge is 0.326 e. The molecule has 1 unspecified atom stereocenters. The third kappa shape index (κ3) is 3.40. The van der Waals surface area contributed by atoms with Crippen molar-refractivity contribution in [1.29, 1.82) is 0 Å². The van der Waals surface area contributed by atoms with Gasteiger partial charge in [-0.25, -0.2) is 9.59 Å². The molecule has 3 N–H and O–H groups in total. The van der Waals surface area contributed by atoms with Crippen molar-refractivity contribution in [3.05, 3.63) is 27.7 Å². The number of benzene rings is 1. The Labute approximate surface area is 131 Å². The summed E-state index contributed by atoms with van der Waals surface area (Å²) in [6.45, 7) is 1.73. The van der Waals surface area contributed by atoms with Crippen molar-refractivity contribution in [3.8, 4) is 0 Å². The van der Waals surface area contributed by atoms with Gasteiger partial charge in [-0.2, -0.15) is 0 Å². The monoisotopic (exact) mass is 332 g/mol. The number of carbonyl (C=O) groups is 2. The van der Waals surface area contributed by atoms with E-state index in [1.807, 2.05) is 0 Å².